The maximum Gasteiger partial charge on any atom is 0.295 e. The Labute approximate surface area is 181 Å². The molecule has 1 aliphatic heterocycles. The van der Waals surface area contributed by atoms with Gasteiger partial charge in [-0.3, -0.25) is 14.6 Å². The van der Waals surface area contributed by atoms with Crippen LogP contribution < -0.4 is 9.47 Å². The lowest BCUT2D eigenvalue weighted by atomic mass is 9.95. The van der Waals surface area contributed by atoms with E-state index in [9.17, 15) is 14.7 Å². The number of aromatic nitrogens is 1. The lowest BCUT2D eigenvalue weighted by Crippen LogP contribution is -2.33. The topological polar surface area (TPSA) is 98.2 Å². The Morgan fingerprint density at radius 1 is 1.13 bits per heavy atom. The highest BCUT2D eigenvalue weighted by Crippen LogP contribution is 2.41. The molecule has 1 unspecified atom stereocenters. The predicted molar refractivity (Wildman–Crippen MR) is 114 cm³/mol. The van der Waals surface area contributed by atoms with Gasteiger partial charge < -0.3 is 24.2 Å². The van der Waals surface area contributed by atoms with Crippen molar-refractivity contribution >= 4 is 17.4 Å². The molecule has 0 aliphatic carbocycles. The highest BCUT2D eigenvalue weighted by molar-refractivity contribution is 6.46. The molecule has 2 heterocycles. The fourth-order valence-corrected chi connectivity index (χ4v) is 3.53. The second kappa shape index (κ2) is 9.61. The molecule has 1 N–H and O–H groups in total. The van der Waals surface area contributed by atoms with E-state index in [1.807, 2.05) is 13.8 Å². The van der Waals surface area contributed by atoms with Crippen LogP contribution in [0.3, 0.4) is 0 Å². The zero-order chi connectivity index (χ0) is 22.5. The van der Waals surface area contributed by atoms with Gasteiger partial charge in [-0.15, -0.1) is 0 Å². The lowest BCUT2D eigenvalue weighted by Gasteiger charge is -2.25. The summed E-state index contributed by atoms with van der Waals surface area (Å²) in [7, 11) is 2.96. The van der Waals surface area contributed by atoms with E-state index in [1.54, 1.807) is 42.7 Å². The molecule has 0 saturated carbocycles. The molecular weight excluding hydrogens is 400 g/mol. The van der Waals surface area contributed by atoms with Crippen molar-refractivity contribution in [3.63, 3.8) is 0 Å². The van der Waals surface area contributed by atoms with Gasteiger partial charge in [-0.1, -0.05) is 0 Å². The van der Waals surface area contributed by atoms with Crippen molar-refractivity contribution in [3.8, 4) is 11.5 Å². The number of amides is 1. The zero-order valence-electron chi connectivity index (χ0n) is 18.0. The van der Waals surface area contributed by atoms with Crippen LogP contribution in [0.5, 0.6) is 11.5 Å². The van der Waals surface area contributed by atoms with Crippen LogP contribution in [0.1, 0.15) is 31.0 Å². The van der Waals surface area contributed by atoms with E-state index in [2.05, 4.69) is 4.98 Å². The van der Waals surface area contributed by atoms with Gasteiger partial charge in [0.25, 0.3) is 11.7 Å². The summed E-state index contributed by atoms with van der Waals surface area (Å²) < 4.78 is 16.2. The van der Waals surface area contributed by atoms with Crippen LogP contribution in [-0.2, 0) is 14.3 Å². The highest BCUT2D eigenvalue weighted by Gasteiger charge is 2.46. The lowest BCUT2D eigenvalue weighted by molar-refractivity contribution is -0.140. The van der Waals surface area contributed by atoms with E-state index < -0.39 is 17.7 Å². The van der Waals surface area contributed by atoms with E-state index >= 15 is 0 Å². The first kappa shape index (κ1) is 22.3. The average Bonchev–Trinajstić information content (AvgIpc) is 3.03. The van der Waals surface area contributed by atoms with Crippen molar-refractivity contribution in [1.82, 2.24) is 9.88 Å². The van der Waals surface area contributed by atoms with Gasteiger partial charge in [0.15, 0.2) is 0 Å². The summed E-state index contributed by atoms with van der Waals surface area (Å²) in [5.74, 6) is -0.974. The number of ketones is 1. The van der Waals surface area contributed by atoms with E-state index in [0.717, 1.165) is 0 Å². The Morgan fingerprint density at radius 3 is 2.45 bits per heavy atom. The number of carbonyl (C=O) groups is 2. The number of rotatable bonds is 8. The number of nitrogens with zero attached hydrogens (tertiary/aromatic N) is 2. The number of hydrogen-bond donors (Lipinski definition) is 1. The van der Waals surface area contributed by atoms with Crippen LogP contribution in [0.4, 0.5) is 0 Å². The minimum atomic E-state index is -0.783. The summed E-state index contributed by atoms with van der Waals surface area (Å²) in [6.07, 6.45) is 3.13. The van der Waals surface area contributed by atoms with Gasteiger partial charge in [0.2, 0.25) is 0 Å². The van der Waals surface area contributed by atoms with E-state index in [4.69, 9.17) is 14.2 Å². The van der Waals surface area contributed by atoms with Crippen LogP contribution in [0.25, 0.3) is 5.76 Å². The van der Waals surface area contributed by atoms with Crippen molar-refractivity contribution in [2.24, 2.45) is 0 Å². The number of aliphatic hydroxyl groups excluding tert-OH is 1. The first-order chi connectivity index (χ1) is 14.9. The Morgan fingerprint density at radius 2 is 1.84 bits per heavy atom. The normalized spacial score (nSPS) is 18.0. The maximum absolute atomic E-state index is 13.0. The number of Topliss-reactive ketones (excluding diaryl/α,β-unsaturated/α-hetero) is 1. The van der Waals surface area contributed by atoms with Crippen molar-refractivity contribution < 1.29 is 28.9 Å². The van der Waals surface area contributed by atoms with Crippen molar-refractivity contribution in [3.05, 3.63) is 59.4 Å². The Balaban J connectivity index is 2.14. The van der Waals surface area contributed by atoms with E-state index in [1.165, 1.54) is 19.1 Å². The van der Waals surface area contributed by atoms with Gasteiger partial charge in [0, 0.05) is 18.9 Å². The third-order valence-corrected chi connectivity index (χ3v) is 5.01. The number of pyridine rings is 1. The zero-order valence-corrected chi connectivity index (χ0v) is 18.0. The van der Waals surface area contributed by atoms with Crippen LogP contribution in [0, 0.1) is 0 Å². The molecule has 1 aromatic carbocycles. The van der Waals surface area contributed by atoms with Crippen molar-refractivity contribution in [2.45, 2.75) is 26.0 Å². The monoisotopic (exact) mass is 426 g/mol. The van der Waals surface area contributed by atoms with Gasteiger partial charge in [0.05, 0.1) is 44.1 Å². The SMILES string of the molecule is COc1ccc(OC)c(/C(O)=C2\C(=O)C(=O)N(CCOC(C)C)C2c2ccncc2)c1. The largest absolute Gasteiger partial charge is 0.507 e. The molecule has 1 atom stereocenters. The quantitative estimate of drug-likeness (QED) is 0.394. The first-order valence-electron chi connectivity index (χ1n) is 9.91. The minimum absolute atomic E-state index is 0.0164. The molecule has 2 aromatic rings. The summed E-state index contributed by atoms with van der Waals surface area (Å²) in [4.78, 5) is 31.4. The second-order valence-electron chi connectivity index (χ2n) is 7.26. The van der Waals surface area contributed by atoms with Crippen molar-refractivity contribution in [1.29, 1.82) is 0 Å². The summed E-state index contributed by atoms with van der Waals surface area (Å²) in [6.45, 7) is 4.24. The molecule has 0 radical (unpaired) electrons. The van der Waals surface area contributed by atoms with Crippen LogP contribution in [-0.4, -0.2) is 60.2 Å². The summed E-state index contributed by atoms with van der Waals surface area (Å²) in [5, 5.41) is 11.2. The molecule has 164 valence electrons. The Hall–Kier alpha value is -3.39. The molecule has 1 aliphatic rings. The first-order valence-corrected chi connectivity index (χ1v) is 9.91. The fourth-order valence-electron chi connectivity index (χ4n) is 3.53. The number of hydrogen-bond acceptors (Lipinski definition) is 7. The Kier molecular flexibility index (Phi) is 6.91. The molecule has 3 rings (SSSR count). The summed E-state index contributed by atoms with van der Waals surface area (Å²) >= 11 is 0. The standard InChI is InChI=1S/C23H26N2O6/c1-14(2)31-12-11-25-20(15-7-9-24-10-8-15)19(22(27)23(25)28)21(26)17-13-16(29-3)5-6-18(17)30-4/h5-10,13-14,20,26H,11-12H2,1-4H3/b21-19+. The fraction of sp³-hybridized carbons (Fsp3) is 0.348. The van der Waals surface area contributed by atoms with Gasteiger partial charge in [-0.2, -0.15) is 0 Å². The molecule has 8 nitrogen and oxygen atoms in total. The van der Waals surface area contributed by atoms with Gasteiger partial charge >= 0.3 is 0 Å². The molecule has 1 amide bonds. The smallest absolute Gasteiger partial charge is 0.295 e. The number of aliphatic hydroxyl groups is 1. The van der Waals surface area contributed by atoms with E-state index in [0.29, 0.717) is 17.1 Å². The second-order valence-corrected chi connectivity index (χ2v) is 7.26. The molecule has 0 spiro atoms. The number of ether oxygens (including phenoxy) is 3. The van der Waals surface area contributed by atoms with E-state index in [-0.39, 0.29) is 36.2 Å². The van der Waals surface area contributed by atoms with Gasteiger partial charge in [-0.05, 0) is 49.7 Å². The maximum atomic E-state index is 13.0. The van der Waals surface area contributed by atoms with Gasteiger partial charge in [-0.25, -0.2) is 0 Å². The molecule has 0 bridgehead atoms. The predicted octanol–water partition coefficient (Wildman–Crippen LogP) is 2.95. The third kappa shape index (κ3) is 4.54. The number of benzene rings is 1. The van der Waals surface area contributed by atoms with Crippen molar-refractivity contribution in [2.75, 3.05) is 27.4 Å². The summed E-state index contributed by atoms with van der Waals surface area (Å²) in [5.41, 5.74) is 0.895. The highest BCUT2D eigenvalue weighted by atomic mass is 16.5. The molecule has 31 heavy (non-hydrogen) atoms. The van der Waals surface area contributed by atoms with Crippen LogP contribution in [0.15, 0.2) is 48.3 Å². The van der Waals surface area contributed by atoms with Crippen LogP contribution in [0.2, 0.25) is 0 Å². The van der Waals surface area contributed by atoms with Gasteiger partial charge in [0.1, 0.15) is 17.3 Å². The number of carbonyl (C=O) groups excluding carboxylic acids is 2. The third-order valence-electron chi connectivity index (χ3n) is 5.01. The number of likely N-dealkylation sites (tertiary alicyclic amines) is 1. The molecule has 8 heteroatoms. The molecule has 1 aromatic heterocycles. The average molecular weight is 426 g/mol. The van der Waals surface area contributed by atoms with Crippen LogP contribution >= 0.6 is 0 Å². The molecule has 1 fully saturated rings. The molecular formula is C23H26N2O6. The minimum Gasteiger partial charge on any atom is -0.507 e. The molecule has 1 saturated heterocycles. The Bertz CT molecular complexity index is 987. The summed E-state index contributed by atoms with van der Waals surface area (Å²) in [6, 6.07) is 7.51. The number of methoxy groups -OCH3 is 2.